The van der Waals surface area contributed by atoms with Gasteiger partial charge in [-0.15, -0.1) is 0 Å². The van der Waals surface area contributed by atoms with Crippen molar-refractivity contribution in [3.05, 3.63) is 29.6 Å². The summed E-state index contributed by atoms with van der Waals surface area (Å²) in [4.78, 5) is 37.5. The number of amides is 2. The first-order valence-electron chi connectivity index (χ1n) is 5.67. The van der Waals surface area contributed by atoms with Gasteiger partial charge in [0.05, 0.1) is 12.1 Å². The fourth-order valence-electron chi connectivity index (χ4n) is 1.31. The van der Waals surface area contributed by atoms with Crippen molar-refractivity contribution in [2.45, 2.75) is 19.9 Å². The Morgan fingerprint density at radius 1 is 1.37 bits per heavy atom. The Hall–Kier alpha value is -2.44. The number of pyridine rings is 1. The van der Waals surface area contributed by atoms with Crippen LogP contribution in [0.4, 0.5) is 0 Å². The molecular formula is C12H15N3O4. The normalized spacial score (nSPS) is 10.1. The summed E-state index contributed by atoms with van der Waals surface area (Å²) >= 11 is 0. The average Bonchev–Trinajstić information content (AvgIpc) is 2.35. The molecule has 0 aliphatic heterocycles. The van der Waals surface area contributed by atoms with Crippen molar-refractivity contribution in [3.63, 3.8) is 0 Å². The molecular weight excluding hydrogens is 250 g/mol. The van der Waals surface area contributed by atoms with Crippen LogP contribution in [-0.2, 0) is 4.79 Å². The molecule has 0 radical (unpaired) electrons. The molecule has 2 amide bonds. The van der Waals surface area contributed by atoms with E-state index in [1.54, 1.807) is 13.8 Å². The van der Waals surface area contributed by atoms with Crippen LogP contribution in [0.2, 0.25) is 0 Å². The van der Waals surface area contributed by atoms with Crippen LogP contribution in [0.15, 0.2) is 18.3 Å². The van der Waals surface area contributed by atoms with Gasteiger partial charge < -0.3 is 15.7 Å². The van der Waals surface area contributed by atoms with Gasteiger partial charge in [0, 0.05) is 12.2 Å². The minimum absolute atomic E-state index is 0.0159. The van der Waals surface area contributed by atoms with E-state index < -0.39 is 11.9 Å². The monoisotopic (exact) mass is 265 g/mol. The first kappa shape index (κ1) is 14.6. The number of hydrogen-bond acceptors (Lipinski definition) is 4. The van der Waals surface area contributed by atoms with E-state index in [9.17, 15) is 14.4 Å². The number of aromatic carboxylic acids is 1. The number of nitrogens with one attached hydrogen (secondary N) is 2. The van der Waals surface area contributed by atoms with Gasteiger partial charge in [-0.1, -0.05) is 0 Å². The number of rotatable bonds is 5. The summed E-state index contributed by atoms with van der Waals surface area (Å²) < 4.78 is 0. The highest BCUT2D eigenvalue weighted by Gasteiger charge is 2.12. The molecule has 0 saturated heterocycles. The lowest BCUT2D eigenvalue weighted by molar-refractivity contribution is -0.120. The largest absolute Gasteiger partial charge is 0.478 e. The van der Waals surface area contributed by atoms with E-state index in [1.165, 1.54) is 12.3 Å². The third-order valence-electron chi connectivity index (χ3n) is 2.10. The van der Waals surface area contributed by atoms with E-state index in [2.05, 4.69) is 15.6 Å². The van der Waals surface area contributed by atoms with E-state index >= 15 is 0 Å². The van der Waals surface area contributed by atoms with Crippen LogP contribution in [0.3, 0.4) is 0 Å². The highest BCUT2D eigenvalue weighted by Crippen LogP contribution is 2.01. The Morgan fingerprint density at radius 2 is 2.05 bits per heavy atom. The van der Waals surface area contributed by atoms with Crippen LogP contribution in [0.1, 0.15) is 34.7 Å². The molecule has 0 aliphatic carbocycles. The van der Waals surface area contributed by atoms with Gasteiger partial charge in [0.25, 0.3) is 5.91 Å². The highest BCUT2D eigenvalue weighted by molar-refractivity contribution is 5.97. The number of nitrogens with zero attached hydrogens (tertiary/aromatic N) is 1. The minimum Gasteiger partial charge on any atom is -0.478 e. The second-order valence-electron chi connectivity index (χ2n) is 4.14. The maximum atomic E-state index is 11.7. The third kappa shape index (κ3) is 4.74. The number of carboxylic acid groups (broad SMARTS) is 1. The number of carbonyl (C=O) groups is 3. The fourth-order valence-corrected chi connectivity index (χ4v) is 1.31. The maximum Gasteiger partial charge on any atom is 0.335 e. The zero-order valence-electron chi connectivity index (χ0n) is 10.6. The quantitative estimate of drug-likeness (QED) is 0.696. The van der Waals surface area contributed by atoms with Crippen molar-refractivity contribution in [2.24, 2.45) is 0 Å². The van der Waals surface area contributed by atoms with Crippen molar-refractivity contribution in [1.29, 1.82) is 0 Å². The summed E-state index contributed by atoms with van der Waals surface area (Å²) in [5.41, 5.74) is -0.0796. The van der Waals surface area contributed by atoms with E-state index in [1.807, 2.05) is 0 Å². The molecule has 1 heterocycles. The summed E-state index contributed by atoms with van der Waals surface area (Å²) in [6.45, 7) is 3.42. The van der Waals surface area contributed by atoms with Gasteiger partial charge in [0.1, 0.15) is 5.69 Å². The molecule has 1 rings (SSSR count). The van der Waals surface area contributed by atoms with E-state index in [4.69, 9.17) is 5.11 Å². The molecule has 7 nitrogen and oxygen atoms in total. The van der Waals surface area contributed by atoms with Gasteiger partial charge >= 0.3 is 5.97 Å². The summed E-state index contributed by atoms with van der Waals surface area (Å²) in [7, 11) is 0. The number of carboxylic acids is 1. The van der Waals surface area contributed by atoms with Crippen molar-refractivity contribution >= 4 is 17.8 Å². The zero-order valence-corrected chi connectivity index (χ0v) is 10.6. The van der Waals surface area contributed by atoms with Crippen LogP contribution in [0, 0.1) is 0 Å². The van der Waals surface area contributed by atoms with Crippen molar-refractivity contribution in [3.8, 4) is 0 Å². The Labute approximate surface area is 110 Å². The second-order valence-corrected chi connectivity index (χ2v) is 4.14. The molecule has 102 valence electrons. The van der Waals surface area contributed by atoms with E-state index in [0.29, 0.717) is 0 Å². The summed E-state index contributed by atoms with van der Waals surface area (Å²) in [6.07, 6.45) is 1.23. The fraction of sp³-hybridized carbons (Fsp3) is 0.333. The number of carbonyl (C=O) groups excluding carboxylic acids is 2. The molecule has 1 aromatic heterocycles. The predicted octanol–water partition coefficient (Wildman–Crippen LogP) is 0.0342. The zero-order chi connectivity index (χ0) is 14.4. The highest BCUT2D eigenvalue weighted by atomic mass is 16.4. The standard InChI is InChI=1S/C12H15N3O4/c1-7(2)15-10(16)6-14-11(17)9-5-8(12(18)19)3-4-13-9/h3-5,7H,6H2,1-2H3,(H,14,17)(H,15,16)(H,18,19). The Balaban J connectivity index is 2.61. The second kappa shape index (κ2) is 6.48. The van der Waals surface area contributed by atoms with Gasteiger partial charge in [-0.3, -0.25) is 14.6 Å². The molecule has 0 fully saturated rings. The molecule has 0 atom stereocenters. The van der Waals surface area contributed by atoms with Crippen molar-refractivity contribution in [1.82, 2.24) is 15.6 Å². The maximum absolute atomic E-state index is 11.7. The number of aromatic nitrogens is 1. The summed E-state index contributed by atoms with van der Waals surface area (Å²) in [5, 5.41) is 13.8. The molecule has 7 heteroatoms. The molecule has 0 spiro atoms. The molecule has 0 aliphatic rings. The lowest BCUT2D eigenvalue weighted by Gasteiger charge is -2.09. The first-order chi connectivity index (χ1) is 8.90. The predicted molar refractivity (Wildman–Crippen MR) is 66.8 cm³/mol. The summed E-state index contributed by atoms with van der Waals surface area (Å²) in [5.74, 6) is -2.06. The molecule has 1 aromatic rings. The van der Waals surface area contributed by atoms with Crippen molar-refractivity contribution < 1.29 is 19.5 Å². The van der Waals surface area contributed by atoms with Gasteiger partial charge in [-0.25, -0.2) is 4.79 Å². The Bertz CT molecular complexity index is 500. The lowest BCUT2D eigenvalue weighted by Crippen LogP contribution is -2.40. The van der Waals surface area contributed by atoms with Crippen LogP contribution < -0.4 is 10.6 Å². The van der Waals surface area contributed by atoms with Gasteiger partial charge in [0.2, 0.25) is 5.91 Å². The molecule has 0 aromatic carbocycles. The topological polar surface area (TPSA) is 108 Å². The molecule has 0 unspecified atom stereocenters. The Kier molecular flexibility index (Phi) is 4.99. The molecule has 0 saturated carbocycles. The first-order valence-corrected chi connectivity index (χ1v) is 5.67. The average molecular weight is 265 g/mol. The summed E-state index contributed by atoms with van der Waals surface area (Å²) in [6, 6.07) is 2.42. The van der Waals surface area contributed by atoms with Gasteiger partial charge in [-0.05, 0) is 26.0 Å². The van der Waals surface area contributed by atoms with Crippen LogP contribution in [0.25, 0.3) is 0 Å². The van der Waals surface area contributed by atoms with Gasteiger partial charge in [-0.2, -0.15) is 0 Å². The minimum atomic E-state index is -1.14. The van der Waals surface area contributed by atoms with Gasteiger partial charge in [0.15, 0.2) is 0 Å². The van der Waals surface area contributed by atoms with Crippen LogP contribution in [-0.4, -0.2) is 40.5 Å². The van der Waals surface area contributed by atoms with E-state index in [0.717, 1.165) is 6.07 Å². The molecule has 19 heavy (non-hydrogen) atoms. The molecule has 0 bridgehead atoms. The SMILES string of the molecule is CC(C)NC(=O)CNC(=O)c1cc(C(=O)O)ccn1. The van der Waals surface area contributed by atoms with Crippen LogP contribution >= 0.6 is 0 Å². The van der Waals surface area contributed by atoms with E-state index in [-0.39, 0.29) is 29.8 Å². The van der Waals surface area contributed by atoms with Crippen LogP contribution in [0.5, 0.6) is 0 Å². The smallest absolute Gasteiger partial charge is 0.335 e. The molecule has 3 N–H and O–H groups in total. The lowest BCUT2D eigenvalue weighted by atomic mass is 10.2. The number of hydrogen-bond donors (Lipinski definition) is 3. The third-order valence-corrected chi connectivity index (χ3v) is 2.10. The Morgan fingerprint density at radius 3 is 2.63 bits per heavy atom. The van der Waals surface area contributed by atoms with Crippen molar-refractivity contribution in [2.75, 3.05) is 6.54 Å².